The lowest BCUT2D eigenvalue weighted by molar-refractivity contribution is -0.116. The molecule has 0 bridgehead atoms. The number of hydrogen-bond donors (Lipinski definition) is 2. The minimum atomic E-state index is -2.89. The van der Waals surface area contributed by atoms with E-state index in [0.717, 1.165) is 23.4 Å². The van der Waals surface area contributed by atoms with E-state index >= 15 is 0 Å². The minimum Gasteiger partial charge on any atom is -0.398 e. The summed E-state index contributed by atoms with van der Waals surface area (Å²) in [6.45, 7) is 1.87. The van der Waals surface area contributed by atoms with E-state index in [-0.39, 0.29) is 11.7 Å². The van der Waals surface area contributed by atoms with E-state index in [4.69, 9.17) is 5.73 Å². The Morgan fingerprint density at radius 2 is 2.05 bits per heavy atom. The summed E-state index contributed by atoms with van der Waals surface area (Å²) in [6.07, 6.45) is 2.37. The maximum Gasteiger partial charge on any atom is 0.224 e. The number of hydrogen-bond acceptors (Lipinski definition) is 5. The number of anilines is 2. The minimum absolute atomic E-state index is 0.0487. The van der Waals surface area contributed by atoms with E-state index in [1.165, 1.54) is 6.26 Å². The molecule has 0 aliphatic rings. The number of nitrogens with two attached hydrogens (primary N) is 1. The molecule has 0 saturated heterocycles. The molecule has 7 heteroatoms. The van der Waals surface area contributed by atoms with Crippen LogP contribution in [-0.4, -0.2) is 37.8 Å². The van der Waals surface area contributed by atoms with E-state index < -0.39 is 9.84 Å². The molecule has 1 aromatic rings. The van der Waals surface area contributed by atoms with Crippen molar-refractivity contribution in [3.63, 3.8) is 0 Å². The van der Waals surface area contributed by atoms with Crippen LogP contribution in [-0.2, 0) is 14.6 Å². The van der Waals surface area contributed by atoms with Crippen molar-refractivity contribution in [3.05, 3.63) is 23.8 Å². The zero-order valence-corrected chi connectivity index (χ0v) is 14.0. The average Bonchev–Trinajstić information content (AvgIpc) is 2.38. The van der Waals surface area contributed by atoms with Gasteiger partial charge in [0.25, 0.3) is 0 Å². The maximum atomic E-state index is 11.8. The van der Waals surface area contributed by atoms with E-state index in [9.17, 15) is 13.2 Å². The van der Waals surface area contributed by atoms with Gasteiger partial charge in [-0.25, -0.2) is 8.42 Å². The van der Waals surface area contributed by atoms with E-state index in [1.54, 1.807) is 23.9 Å². The van der Waals surface area contributed by atoms with Gasteiger partial charge in [0.15, 0.2) is 0 Å². The van der Waals surface area contributed by atoms with Crippen molar-refractivity contribution in [3.8, 4) is 0 Å². The summed E-state index contributed by atoms with van der Waals surface area (Å²) >= 11 is 1.55. The highest BCUT2D eigenvalue weighted by molar-refractivity contribution is 8.00. The number of carbonyl (C=O) groups excluding carboxylic acids is 1. The van der Waals surface area contributed by atoms with Crippen LogP contribution in [0.25, 0.3) is 0 Å². The fraction of sp³-hybridized carbons (Fsp3) is 0.500. The number of rotatable bonds is 8. The Morgan fingerprint density at radius 3 is 2.71 bits per heavy atom. The van der Waals surface area contributed by atoms with Crippen LogP contribution >= 0.6 is 11.8 Å². The molecule has 3 N–H and O–H groups in total. The third kappa shape index (κ3) is 7.38. The Balaban J connectivity index is 2.24. The Morgan fingerprint density at radius 1 is 1.33 bits per heavy atom. The number of nitrogens with one attached hydrogen (secondary N) is 1. The van der Waals surface area contributed by atoms with Crippen molar-refractivity contribution < 1.29 is 13.2 Å². The van der Waals surface area contributed by atoms with Crippen molar-refractivity contribution in [2.75, 3.05) is 34.6 Å². The highest BCUT2D eigenvalue weighted by Crippen LogP contribution is 2.20. The van der Waals surface area contributed by atoms with Gasteiger partial charge in [0.05, 0.1) is 5.75 Å². The first kappa shape index (κ1) is 17.8. The summed E-state index contributed by atoms with van der Waals surface area (Å²) in [6, 6.07) is 5.42. The molecule has 5 nitrogen and oxygen atoms in total. The summed E-state index contributed by atoms with van der Waals surface area (Å²) in [5.74, 6) is 1.49. The smallest absolute Gasteiger partial charge is 0.224 e. The van der Waals surface area contributed by atoms with Gasteiger partial charge < -0.3 is 11.1 Å². The molecule has 21 heavy (non-hydrogen) atoms. The standard InChI is InChI=1S/C14H22N2O3S2/c1-11-12(15)5-3-6-13(11)16-14(17)7-4-8-20-9-10-21(2,18)19/h3,5-6H,4,7-10,15H2,1-2H3,(H,16,17). The summed E-state index contributed by atoms with van der Waals surface area (Å²) in [5, 5.41) is 2.84. The second-order valence-electron chi connectivity index (χ2n) is 4.91. The summed E-state index contributed by atoms with van der Waals surface area (Å²) in [7, 11) is -2.89. The normalized spacial score (nSPS) is 11.3. The van der Waals surface area contributed by atoms with Gasteiger partial charge in [-0.2, -0.15) is 11.8 Å². The SMILES string of the molecule is Cc1c(N)cccc1NC(=O)CCCSCCS(C)(=O)=O. The number of nitrogen functional groups attached to an aromatic ring is 1. The molecule has 1 aromatic carbocycles. The molecule has 1 rings (SSSR count). The monoisotopic (exact) mass is 330 g/mol. The molecule has 0 fully saturated rings. The van der Waals surface area contributed by atoms with Crippen LogP contribution in [0.15, 0.2) is 18.2 Å². The number of sulfone groups is 1. The average molecular weight is 330 g/mol. The fourth-order valence-electron chi connectivity index (χ4n) is 1.65. The van der Waals surface area contributed by atoms with Crippen molar-refractivity contribution >= 4 is 38.9 Å². The second kappa shape index (κ2) is 8.29. The third-order valence-corrected chi connectivity index (χ3v) is 5.22. The van der Waals surface area contributed by atoms with Crippen molar-refractivity contribution in [2.24, 2.45) is 0 Å². The van der Waals surface area contributed by atoms with Gasteiger partial charge >= 0.3 is 0 Å². The molecule has 1 amide bonds. The van der Waals surface area contributed by atoms with Crippen LogP contribution in [0.5, 0.6) is 0 Å². The lowest BCUT2D eigenvalue weighted by Gasteiger charge is -2.10. The van der Waals surface area contributed by atoms with Crippen LogP contribution in [0, 0.1) is 6.92 Å². The first-order valence-electron chi connectivity index (χ1n) is 6.70. The van der Waals surface area contributed by atoms with Gasteiger partial charge in [0.1, 0.15) is 9.84 Å². The first-order chi connectivity index (χ1) is 9.79. The molecule has 0 heterocycles. The molecular weight excluding hydrogens is 308 g/mol. The molecule has 0 spiro atoms. The predicted octanol–water partition coefficient (Wildman–Crippen LogP) is 2.07. The second-order valence-corrected chi connectivity index (χ2v) is 8.40. The van der Waals surface area contributed by atoms with Crippen LogP contribution in [0.3, 0.4) is 0 Å². The lowest BCUT2D eigenvalue weighted by atomic mass is 10.1. The highest BCUT2D eigenvalue weighted by atomic mass is 32.2. The number of amides is 1. The molecular formula is C14H22N2O3S2. The summed E-state index contributed by atoms with van der Waals surface area (Å²) in [5.41, 5.74) is 8.05. The molecule has 0 aromatic heterocycles. The summed E-state index contributed by atoms with van der Waals surface area (Å²) in [4.78, 5) is 11.8. The Hall–Kier alpha value is -1.21. The molecule has 0 aliphatic carbocycles. The fourth-order valence-corrected chi connectivity index (χ4v) is 3.88. The Kier molecular flexibility index (Phi) is 7.04. The summed E-state index contributed by atoms with van der Waals surface area (Å²) < 4.78 is 21.9. The zero-order valence-electron chi connectivity index (χ0n) is 12.4. The van der Waals surface area contributed by atoms with Crippen molar-refractivity contribution in [1.82, 2.24) is 0 Å². The van der Waals surface area contributed by atoms with Crippen LogP contribution < -0.4 is 11.1 Å². The van der Waals surface area contributed by atoms with Gasteiger partial charge in [0.2, 0.25) is 5.91 Å². The third-order valence-electron chi connectivity index (χ3n) is 2.94. The Bertz CT molecular complexity index is 586. The van der Waals surface area contributed by atoms with Gasteiger partial charge in [-0.1, -0.05) is 6.07 Å². The maximum absolute atomic E-state index is 11.8. The van der Waals surface area contributed by atoms with E-state index in [1.807, 2.05) is 13.0 Å². The number of carbonyl (C=O) groups is 1. The lowest BCUT2D eigenvalue weighted by Crippen LogP contribution is -2.13. The highest BCUT2D eigenvalue weighted by Gasteiger charge is 2.06. The number of thioether (sulfide) groups is 1. The van der Waals surface area contributed by atoms with Gasteiger partial charge in [0, 0.05) is 29.8 Å². The molecule has 118 valence electrons. The van der Waals surface area contributed by atoms with Gasteiger partial charge in [-0.3, -0.25) is 4.79 Å². The molecule has 0 saturated carbocycles. The molecule has 0 aliphatic heterocycles. The van der Waals surface area contributed by atoms with Crippen molar-refractivity contribution in [1.29, 1.82) is 0 Å². The largest absolute Gasteiger partial charge is 0.398 e. The van der Waals surface area contributed by atoms with Crippen molar-refractivity contribution in [2.45, 2.75) is 19.8 Å². The number of benzene rings is 1. The van der Waals surface area contributed by atoms with Crippen LogP contribution in [0.4, 0.5) is 11.4 Å². The van der Waals surface area contributed by atoms with Gasteiger partial charge in [-0.15, -0.1) is 0 Å². The molecule has 0 radical (unpaired) electrons. The van der Waals surface area contributed by atoms with E-state index in [0.29, 0.717) is 17.9 Å². The first-order valence-corrected chi connectivity index (χ1v) is 9.91. The van der Waals surface area contributed by atoms with Gasteiger partial charge in [-0.05, 0) is 36.8 Å². The topological polar surface area (TPSA) is 89.3 Å². The van der Waals surface area contributed by atoms with Crippen LogP contribution in [0.1, 0.15) is 18.4 Å². The molecule has 0 unspecified atom stereocenters. The quantitative estimate of drug-likeness (QED) is 0.562. The Labute approximate surface area is 130 Å². The van der Waals surface area contributed by atoms with Crippen LogP contribution in [0.2, 0.25) is 0 Å². The van der Waals surface area contributed by atoms with E-state index in [2.05, 4.69) is 5.32 Å². The molecule has 0 atom stereocenters. The predicted molar refractivity (Wildman–Crippen MR) is 90.5 cm³/mol. The zero-order chi connectivity index (χ0) is 15.9.